The van der Waals surface area contributed by atoms with E-state index >= 15 is 0 Å². The number of rotatable bonds is 3. The predicted molar refractivity (Wildman–Crippen MR) is 106 cm³/mol. The van der Waals surface area contributed by atoms with Crippen molar-refractivity contribution in [2.45, 2.75) is 38.8 Å². The van der Waals surface area contributed by atoms with Crippen LogP contribution in [0.1, 0.15) is 33.3 Å². The molecule has 0 unspecified atom stereocenters. The van der Waals surface area contributed by atoms with E-state index in [4.69, 9.17) is 39.5 Å². The zero-order valence-electron chi connectivity index (χ0n) is 15.5. The molecule has 0 atom stereocenters. The van der Waals surface area contributed by atoms with Gasteiger partial charge in [-0.3, -0.25) is 14.6 Å². The van der Waals surface area contributed by atoms with Crippen LogP contribution in [0.4, 0.5) is 0 Å². The maximum Gasteiger partial charge on any atom is 0.242 e. The van der Waals surface area contributed by atoms with Crippen molar-refractivity contribution in [3.05, 3.63) is 50.7 Å². The van der Waals surface area contributed by atoms with Gasteiger partial charge in [0.05, 0.1) is 11.1 Å². The van der Waals surface area contributed by atoms with Crippen LogP contribution in [0.25, 0.3) is 0 Å². The van der Waals surface area contributed by atoms with Crippen molar-refractivity contribution in [1.29, 1.82) is 0 Å². The molecular weight excluding hydrogens is 427 g/mol. The summed E-state index contributed by atoms with van der Waals surface area (Å²) in [5.74, 6) is -1.43. The minimum absolute atomic E-state index is 0.232. The van der Waals surface area contributed by atoms with Crippen LogP contribution in [0.3, 0.4) is 0 Å². The van der Waals surface area contributed by atoms with E-state index in [0.29, 0.717) is 11.4 Å². The van der Waals surface area contributed by atoms with Gasteiger partial charge in [-0.05, 0) is 52.0 Å². The lowest BCUT2D eigenvalue weighted by molar-refractivity contribution is -0.158. The lowest BCUT2D eigenvalue weighted by Gasteiger charge is -2.35. The van der Waals surface area contributed by atoms with Crippen LogP contribution >= 0.6 is 34.8 Å². The number of carbonyl (C=O) groups excluding carboxylic acids is 2. The molecule has 0 aromatic heterocycles. The van der Waals surface area contributed by atoms with Crippen molar-refractivity contribution in [3.8, 4) is 5.75 Å². The Labute approximate surface area is 177 Å². The topological polar surface area (TPSA) is 78.9 Å². The van der Waals surface area contributed by atoms with E-state index in [0.717, 1.165) is 5.06 Å². The fraction of sp³-hybridized carbons (Fsp3) is 0.316. The third-order valence-corrected chi connectivity index (χ3v) is 6.27. The Morgan fingerprint density at radius 1 is 0.893 bits per heavy atom. The fourth-order valence-corrected chi connectivity index (χ4v) is 3.24. The first kappa shape index (κ1) is 20.9. The minimum atomic E-state index is -0.786. The third kappa shape index (κ3) is 3.14. The number of ether oxygens (including phenoxy) is 1. The zero-order valence-corrected chi connectivity index (χ0v) is 17.7. The van der Waals surface area contributed by atoms with Crippen molar-refractivity contribution in [3.63, 3.8) is 0 Å². The number of benzene rings is 1. The molecule has 1 heterocycles. The molecule has 1 radical (unpaired) electrons. The fourth-order valence-electron chi connectivity index (χ4n) is 2.62. The highest BCUT2D eigenvalue weighted by atomic mass is 35.5. The first-order chi connectivity index (χ1) is 12.9. The van der Waals surface area contributed by atoms with Crippen molar-refractivity contribution < 1.29 is 19.5 Å². The van der Waals surface area contributed by atoms with Crippen LogP contribution in [0.5, 0.6) is 5.75 Å². The summed E-state index contributed by atoms with van der Waals surface area (Å²) in [6, 6.07) is 6.33. The number of aliphatic imine (C=N–C) groups is 1. The average molecular weight is 443 g/mol. The average Bonchev–Trinajstić information content (AvgIpc) is 2.81. The molecule has 6 nitrogen and oxygen atoms in total. The maximum absolute atomic E-state index is 12.6. The molecule has 1 aliphatic carbocycles. The number of ketones is 2. The molecule has 0 fully saturated rings. The highest BCUT2D eigenvalue weighted by molar-refractivity contribution is 6.64. The van der Waals surface area contributed by atoms with Crippen LogP contribution in [0, 0.1) is 0 Å². The standard InChI is InChI=1S/C19H16Cl3N2O4/c1-18(2)19(3,4)24(27)17(23-18)9-5-7-10(8-6-9)28-16-13(22)14(25)11(20)12(21)15(16)26/h5-8H,1-4H3. The number of hydroxylamine groups is 2. The lowest BCUT2D eigenvalue weighted by atomic mass is 9.84. The van der Waals surface area contributed by atoms with Gasteiger partial charge in [-0.15, -0.1) is 0 Å². The summed E-state index contributed by atoms with van der Waals surface area (Å²) >= 11 is 17.3. The Morgan fingerprint density at radius 2 is 1.43 bits per heavy atom. The summed E-state index contributed by atoms with van der Waals surface area (Å²) in [5.41, 5.74) is -0.671. The Morgan fingerprint density at radius 3 is 1.93 bits per heavy atom. The second kappa shape index (κ2) is 6.88. The molecule has 28 heavy (non-hydrogen) atoms. The molecular formula is C19H16Cl3N2O4. The number of hydrogen-bond acceptors (Lipinski definition) is 5. The van der Waals surface area contributed by atoms with Gasteiger partial charge in [0.25, 0.3) is 0 Å². The monoisotopic (exact) mass is 441 g/mol. The molecule has 1 aliphatic heterocycles. The number of carbonyl (C=O) groups is 2. The molecule has 0 spiro atoms. The van der Waals surface area contributed by atoms with Crippen LogP contribution < -0.4 is 4.74 Å². The number of nitrogens with zero attached hydrogens (tertiary/aromatic N) is 2. The quantitative estimate of drug-likeness (QED) is 0.653. The van der Waals surface area contributed by atoms with E-state index in [1.807, 2.05) is 27.7 Å². The summed E-state index contributed by atoms with van der Waals surface area (Å²) in [4.78, 5) is 28.7. The summed E-state index contributed by atoms with van der Waals surface area (Å²) in [6.45, 7) is 7.45. The normalized spacial score (nSPS) is 21.4. The molecule has 0 saturated heterocycles. The van der Waals surface area contributed by atoms with Crippen LogP contribution in [0.15, 0.2) is 50.1 Å². The van der Waals surface area contributed by atoms with E-state index in [1.165, 1.54) is 12.1 Å². The van der Waals surface area contributed by atoms with Gasteiger partial charge in [0.1, 0.15) is 20.8 Å². The molecule has 3 rings (SSSR count). The Balaban J connectivity index is 1.87. The SMILES string of the molecule is CC1(C)N=C(c2ccc(OC3=C(Cl)C(=O)C(Cl)=C(Cl)C3=O)cc2)N([O])C1(C)C. The van der Waals surface area contributed by atoms with Crippen LogP contribution in [-0.2, 0) is 14.8 Å². The van der Waals surface area contributed by atoms with Gasteiger partial charge in [0.2, 0.25) is 11.6 Å². The largest absolute Gasteiger partial charge is 0.451 e. The highest BCUT2D eigenvalue weighted by Gasteiger charge is 2.50. The second-order valence-corrected chi connectivity index (χ2v) is 8.54. The van der Waals surface area contributed by atoms with Gasteiger partial charge in [-0.1, -0.05) is 40.0 Å². The first-order valence-corrected chi connectivity index (χ1v) is 9.42. The number of allylic oxidation sites excluding steroid dienone is 3. The number of amidine groups is 1. The highest BCUT2D eigenvalue weighted by Crippen LogP contribution is 2.38. The Kier molecular flexibility index (Phi) is 5.13. The van der Waals surface area contributed by atoms with Crippen molar-refractivity contribution in [2.75, 3.05) is 0 Å². The molecule has 147 valence electrons. The van der Waals surface area contributed by atoms with Crippen LogP contribution in [-0.4, -0.2) is 33.5 Å². The number of hydrogen-bond donors (Lipinski definition) is 0. The summed E-state index contributed by atoms with van der Waals surface area (Å²) in [7, 11) is 0. The van der Waals surface area contributed by atoms with E-state index in [9.17, 15) is 14.8 Å². The van der Waals surface area contributed by atoms with Crippen molar-refractivity contribution in [2.24, 2.45) is 4.99 Å². The number of halogens is 3. The Hall–Kier alpha value is -1.86. The third-order valence-electron chi connectivity index (χ3n) is 5.11. The molecule has 1 aromatic carbocycles. The molecule has 0 amide bonds. The summed E-state index contributed by atoms with van der Waals surface area (Å²) < 4.78 is 5.46. The van der Waals surface area contributed by atoms with Gasteiger partial charge in [-0.2, -0.15) is 5.06 Å². The molecule has 9 heteroatoms. The molecule has 0 saturated carbocycles. The van der Waals surface area contributed by atoms with E-state index in [-0.39, 0.29) is 5.75 Å². The van der Waals surface area contributed by atoms with Gasteiger partial charge in [-0.25, -0.2) is 0 Å². The van der Waals surface area contributed by atoms with Gasteiger partial charge in [0.15, 0.2) is 11.6 Å². The molecule has 1 aromatic rings. The van der Waals surface area contributed by atoms with Crippen molar-refractivity contribution >= 4 is 52.2 Å². The molecule has 0 bridgehead atoms. The smallest absolute Gasteiger partial charge is 0.242 e. The lowest BCUT2D eigenvalue weighted by Crippen LogP contribution is -2.50. The maximum atomic E-state index is 12.6. The Bertz CT molecular complexity index is 975. The van der Waals surface area contributed by atoms with E-state index in [2.05, 4.69) is 4.99 Å². The zero-order chi connectivity index (χ0) is 21.0. The van der Waals surface area contributed by atoms with E-state index in [1.54, 1.807) is 12.1 Å². The van der Waals surface area contributed by atoms with Gasteiger partial charge < -0.3 is 4.74 Å². The molecule has 0 N–H and O–H groups in total. The van der Waals surface area contributed by atoms with E-state index < -0.39 is 43.5 Å². The summed E-state index contributed by atoms with van der Waals surface area (Å²) in [5, 5.41) is 12.2. The minimum Gasteiger partial charge on any atom is -0.451 e. The van der Waals surface area contributed by atoms with Crippen molar-refractivity contribution in [1.82, 2.24) is 5.06 Å². The second-order valence-electron chi connectivity index (χ2n) is 7.40. The van der Waals surface area contributed by atoms with Crippen LogP contribution in [0.2, 0.25) is 0 Å². The predicted octanol–water partition coefficient (Wildman–Crippen LogP) is 4.32. The first-order valence-electron chi connectivity index (χ1n) is 8.28. The van der Waals surface area contributed by atoms with Gasteiger partial charge >= 0.3 is 0 Å². The number of Topliss-reactive ketones (excluding diaryl/α,β-unsaturated/α-hetero) is 2. The molecule has 2 aliphatic rings. The summed E-state index contributed by atoms with van der Waals surface area (Å²) in [6.07, 6.45) is 0. The van der Waals surface area contributed by atoms with Gasteiger partial charge in [0, 0.05) is 5.56 Å².